The molecule has 0 bridgehead atoms. The van der Waals surface area contributed by atoms with Crippen molar-refractivity contribution in [1.29, 1.82) is 0 Å². The molecule has 2 rings (SSSR count). The van der Waals surface area contributed by atoms with Crippen molar-refractivity contribution in [2.24, 2.45) is 5.16 Å². The van der Waals surface area contributed by atoms with Crippen LogP contribution in [0.1, 0.15) is 37.2 Å². The minimum atomic E-state index is 0.594. The molecule has 0 atom stereocenters. The smallest absolute Gasteiger partial charge is 0.118 e. The second-order valence-electron chi connectivity index (χ2n) is 4.21. The van der Waals surface area contributed by atoms with Crippen molar-refractivity contribution < 1.29 is 9.94 Å². The zero-order chi connectivity index (χ0) is 11.4. The van der Waals surface area contributed by atoms with E-state index in [0.717, 1.165) is 37.1 Å². The minimum Gasteiger partial charge on any atom is -0.497 e. The highest BCUT2D eigenvalue weighted by Crippen LogP contribution is 2.32. The molecule has 1 aromatic carbocycles. The number of methoxy groups -OCH3 is 1. The highest BCUT2D eigenvalue weighted by atomic mass is 16.5. The number of oxime groups is 1. The molecule has 1 saturated carbocycles. The number of nitrogens with zero attached hydrogens (tertiary/aromatic N) is 1. The van der Waals surface area contributed by atoms with Crippen LogP contribution in [-0.4, -0.2) is 18.0 Å². The van der Waals surface area contributed by atoms with Crippen LogP contribution in [0.3, 0.4) is 0 Å². The Morgan fingerprint density at radius 3 is 2.31 bits per heavy atom. The van der Waals surface area contributed by atoms with Gasteiger partial charge in [0.15, 0.2) is 0 Å². The summed E-state index contributed by atoms with van der Waals surface area (Å²) in [5.41, 5.74) is 2.29. The first-order chi connectivity index (χ1) is 7.83. The van der Waals surface area contributed by atoms with E-state index in [1.165, 1.54) is 5.56 Å². The zero-order valence-electron chi connectivity index (χ0n) is 9.52. The van der Waals surface area contributed by atoms with Crippen molar-refractivity contribution in [3.8, 4) is 5.75 Å². The SMILES string of the molecule is COc1ccc(C2CCC(=NO)CC2)cc1. The second kappa shape index (κ2) is 5.01. The van der Waals surface area contributed by atoms with Gasteiger partial charge in [0.2, 0.25) is 0 Å². The lowest BCUT2D eigenvalue weighted by Gasteiger charge is -2.22. The van der Waals surface area contributed by atoms with Gasteiger partial charge in [-0.3, -0.25) is 0 Å². The van der Waals surface area contributed by atoms with Gasteiger partial charge in [-0.2, -0.15) is 0 Å². The molecule has 3 nitrogen and oxygen atoms in total. The number of benzene rings is 1. The van der Waals surface area contributed by atoms with E-state index < -0.39 is 0 Å². The van der Waals surface area contributed by atoms with Crippen LogP contribution in [0.4, 0.5) is 0 Å². The Balaban J connectivity index is 2.02. The van der Waals surface area contributed by atoms with Crippen LogP contribution in [0.5, 0.6) is 5.75 Å². The Kier molecular flexibility index (Phi) is 3.44. The van der Waals surface area contributed by atoms with Gasteiger partial charge in [-0.25, -0.2) is 0 Å². The van der Waals surface area contributed by atoms with E-state index >= 15 is 0 Å². The molecule has 1 aromatic rings. The van der Waals surface area contributed by atoms with Gasteiger partial charge in [0, 0.05) is 0 Å². The maximum absolute atomic E-state index is 8.69. The first-order valence-corrected chi connectivity index (χ1v) is 5.67. The highest BCUT2D eigenvalue weighted by molar-refractivity contribution is 5.84. The molecule has 3 heteroatoms. The maximum atomic E-state index is 8.69. The lowest BCUT2D eigenvalue weighted by molar-refractivity contribution is 0.313. The van der Waals surface area contributed by atoms with Crippen LogP contribution in [0.25, 0.3) is 0 Å². The number of hydrogen-bond acceptors (Lipinski definition) is 3. The summed E-state index contributed by atoms with van der Waals surface area (Å²) in [5, 5.41) is 12.0. The first kappa shape index (κ1) is 11.0. The molecule has 1 N–H and O–H groups in total. The summed E-state index contributed by atoms with van der Waals surface area (Å²) < 4.78 is 5.14. The van der Waals surface area contributed by atoms with Crippen LogP contribution in [0.2, 0.25) is 0 Å². The van der Waals surface area contributed by atoms with Crippen LogP contribution >= 0.6 is 0 Å². The third-order valence-corrected chi connectivity index (χ3v) is 3.29. The molecular weight excluding hydrogens is 202 g/mol. The Hall–Kier alpha value is -1.51. The topological polar surface area (TPSA) is 41.8 Å². The molecule has 86 valence electrons. The van der Waals surface area contributed by atoms with Crippen molar-refractivity contribution in [3.05, 3.63) is 29.8 Å². The average Bonchev–Trinajstić information content (AvgIpc) is 2.39. The number of ether oxygens (including phenoxy) is 1. The van der Waals surface area contributed by atoms with Crippen LogP contribution in [-0.2, 0) is 0 Å². The standard InChI is InChI=1S/C13H17NO2/c1-16-13-8-4-11(5-9-13)10-2-6-12(14-15)7-3-10/h4-5,8-10,15H,2-3,6-7H2,1H3. The Labute approximate surface area is 95.7 Å². The molecule has 0 amide bonds. The zero-order valence-corrected chi connectivity index (χ0v) is 9.52. The van der Waals surface area contributed by atoms with Gasteiger partial charge in [-0.15, -0.1) is 0 Å². The van der Waals surface area contributed by atoms with Gasteiger partial charge in [-0.1, -0.05) is 17.3 Å². The molecule has 0 saturated heterocycles. The van der Waals surface area contributed by atoms with E-state index in [-0.39, 0.29) is 0 Å². The molecule has 0 spiro atoms. The molecule has 0 aliphatic heterocycles. The molecule has 0 unspecified atom stereocenters. The van der Waals surface area contributed by atoms with Gasteiger partial charge in [0.1, 0.15) is 5.75 Å². The Morgan fingerprint density at radius 1 is 1.19 bits per heavy atom. The van der Waals surface area contributed by atoms with Gasteiger partial charge >= 0.3 is 0 Å². The maximum Gasteiger partial charge on any atom is 0.118 e. The molecular formula is C13H17NO2. The molecule has 0 radical (unpaired) electrons. The van der Waals surface area contributed by atoms with E-state index in [1.54, 1.807) is 7.11 Å². The molecule has 0 aromatic heterocycles. The Morgan fingerprint density at radius 2 is 1.81 bits per heavy atom. The largest absolute Gasteiger partial charge is 0.497 e. The Bertz CT molecular complexity index is 360. The molecule has 0 heterocycles. The summed E-state index contributed by atoms with van der Waals surface area (Å²) in [6.45, 7) is 0. The number of hydrogen-bond donors (Lipinski definition) is 1. The predicted octanol–water partition coefficient (Wildman–Crippen LogP) is 3.18. The molecule has 1 aliphatic rings. The van der Waals surface area contributed by atoms with Crippen molar-refractivity contribution in [2.75, 3.05) is 7.11 Å². The first-order valence-electron chi connectivity index (χ1n) is 5.67. The fourth-order valence-electron chi connectivity index (χ4n) is 2.26. The third kappa shape index (κ3) is 2.35. The van der Waals surface area contributed by atoms with Crippen LogP contribution in [0, 0.1) is 0 Å². The molecule has 1 fully saturated rings. The van der Waals surface area contributed by atoms with Gasteiger partial charge in [0.05, 0.1) is 12.8 Å². The van der Waals surface area contributed by atoms with Crippen molar-refractivity contribution in [1.82, 2.24) is 0 Å². The van der Waals surface area contributed by atoms with Crippen LogP contribution in [0.15, 0.2) is 29.4 Å². The summed E-state index contributed by atoms with van der Waals surface area (Å²) in [4.78, 5) is 0. The third-order valence-electron chi connectivity index (χ3n) is 3.29. The summed E-state index contributed by atoms with van der Waals surface area (Å²) in [6, 6.07) is 8.27. The summed E-state index contributed by atoms with van der Waals surface area (Å²) >= 11 is 0. The van der Waals surface area contributed by atoms with Crippen molar-refractivity contribution in [2.45, 2.75) is 31.6 Å². The fourth-order valence-corrected chi connectivity index (χ4v) is 2.26. The normalized spacial score (nSPS) is 20.6. The summed E-state index contributed by atoms with van der Waals surface area (Å²) in [6.07, 6.45) is 3.97. The number of rotatable bonds is 2. The highest BCUT2D eigenvalue weighted by Gasteiger charge is 2.19. The molecule has 16 heavy (non-hydrogen) atoms. The fraction of sp³-hybridized carbons (Fsp3) is 0.462. The second-order valence-corrected chi connectivity index (χ2v) is 4.21. The van der Waals surface area contributed by atoms with E-state index in [0.29, 0.717) is 5.92 Å². The quantitative estimate of drug-likeness (QED) is 0.613. The minimum absolute atomic E-state index is 0.594. The van der Waals surface area contributed by atoms with Crippen molar-refractivity contribution >= 4 is 5.71 Å². The van der Waals surface area contributed by atoms with E-state index in [1.807, 2.05) is 12.1 Å². The van der Waals surface area contributed by atoms with Gasteiger partial charge < -0.3 is 9.94 Å². The van der Waals surface area contributed by atoms with Gasteiger partial charge in [-0.05, 0) is 49.3 Å². The van der Waals surface area contributed by atoms with Crippen molar-refractivity contribution in [3.63, 3.8) is 0 Å². The summed E-state index contributed by atoms with van der Waals surface area (Å²) in [5.74, 6) is 1.49. The molecule has 1 aliphatic carbocycles. The summed E-state index contributed by atoms with van der Waals surface area (Å²) in [7, 11) is 1.68. The van der Waals surface area contributed by atoms with E-state index in [4.69, 9.17) is 9.94 Å². The van der Waals surface area contributed by atoms with Crippen LogP contribution < -0.4 is 4.74 Å². The monoisotopic (exact) mass is 219 g/mol. The lowest BCUT2D eigenvalue weighted by Crippen LogP contribution is -2.12. The van der Waals surface area contributed by atoms with Gasteiger partial charge in [0.25, 0.3) is 0 Å². The lowest BCUT2D eigenvalue weighted by atomic mass is 9.83. The van der Waals surface area contributed by atoms with E-state index in [9.17, 15) is 0 Å². The average molecular weight is 219 g/mol. The van der Waals surface area contributed by atoms with E-state index in [2.05, 4.69) is 17.3 Å². The predicted molar refractivity (Wildman–Crippen MR) is 63.4 cm³/mol.